The topological polar surface area (TPSA) is 49.6 Å². The first kappa shape index (κ1) is 21.9. The number of halogens is 2. The second kappa shape index (κ2) is 12.2. The van der Waals surface area contributed by atoms with Gasteiger partial charge in [-0.05, 0) is 35.7 Å². The van der Waals surface area contributed by atoms with Gasteiger partial charge in [0.1, 0.15) is 11.6 Å². The molecule has 0 unspecified atom stereocenters. The zero-order valence-corrected chi connectivity index (χ0v) is 17.9. The van der Waals surface area contributed by atoms with Crippen molar-refractivity contribution in [2.24, 2.45) is 4.99 Å². The summed E-state index contributed by atoms with van der Waals surface area (Å²) in [5.41, 5.74) is 1.83. The van der Waals surface area contributed by atoms with E-state index in [0.29, 0.717) is 37.6 Å². The minimum Gasteiger partial charge on any atom is -0.469 e. The Morgan fingerprint density at radius 2 is 1.57 bits per heavy atom. The van der Waals surface area contributed by atoms with Crippen molar-refractivity contribution in [3.05, 3.63) is 95.7 Å². The normalized spacial score (nSPS) is 11.0. The Balaban J connectivity index is 0.00000280. The van der Waals surface area contributed by atoms with E-state index in [1.165, 1.54) is 6.07 Å². The standard InChI is InChI=1S/C22H24FN3O.HI/c23-21-11-5-4-9-19(21)12-14-24-22(25-15-13-20-10-6-16-27-20)26-17-18-7-2-1-3-8-18;/h1-11,16H,12-15,17H2,(H2,24,25,26);1H. The highest BCUT2D eigenvalue weighted by Gasteiger charge is 2.03. The van der Waals surface area contributed by atoms with E-state index in [1.807, 2.05) is 54.6 Å². The van der Waals surface area contributed by atoms with Gasteiger partial charge in [-0.15, -0.1) is 24.0 Å². The number of hydrogen-bond donors (Lipinski definition) is 2. The van der Waals surface area contributed by atoms with Crippen LogP contribution < -0.4 is 10.6 Å². The zero-order valence-electron chi connectivity index (χ0n) is 15.6. The molecule has 2 N–H and O–H groups in total. The predicted octanol–water partition coefficient (Wildman–Crippen LogP) is 4.56. The molecule has 6 heteroatoms. The van der Waals surface area contributed by atoms with Crippen LogP contribution in [0.15, 0.2) is 82.4 Å². The molecular weight excluding hydrogens is 468 g/mol. The van der Waals surface area contributed by atoms with Gasteiger partial charge >= 0.3 is 0 Å². The first-order valence-electron chi connectivity index (χ1n) is 9.13. The van der Waals surface area contributed by atoms with Gasteiger partial charge in [-0.2, -0.15) is 0 Å². The SMILES string of the molecule is Fc1ccccc1CCNC(=NCc1ccccc1)NCCc1ccco1.I. The largest absolute Gasteiger partial charge is 0.469 e. The Morgan fingerprint density at radius 3 is 2.29 bits per heavy atom. The number of hydrogen-bond acceptors (Lipinski definition) is 2. The molecule has 0 radical (unpaired) electrons. The van der Waals surface area contributed by atoms with E-state index in [4.69, 9.17) is 4.42 Å². The number of nitrogens with zero attached hydrogens (tertiary/aromatic N) is 1. The molecule has 0 atom stereocenters. The average Bonchev–Trinajstić information content (AvgIpc) is 3.21. The average molecular weight is 493 g/mol. The molecule has 28 heavy (non-hydrogen) atoms. The molecule has 0 bridgehead atoms. The summed E-state index contributed by atoms with van der Waals surface area (Å²) < 4.78 is 19.1. The zero-order chi connectivity index (χ0) is 18.7. The number of benzene rings is 2. The van der Waals surface area contributed by atoms with Gasteiger partial charge < -0.3 is 15.1 Å². The highest BCUT2D eigenvalue weighted by Crippen LogP contribution is 2.06. The maximum atomic E-state index is 13.8. The molecular formula is C22H25FIN3O. The van der Waals surface area contributed by atoms with Crippen molar-refractivity contribution in [1.82, 2.24) is 10.6 Å². The van der Waals surface area contributed by atoms with Gasteiger partial charge in [0.2, 0.25) is 0 Å². The lowest BCUT2D eigenvalue weighted by Gasteiger charge is -2.13. The van der Waals surface area contributed by atoms with Gasteiger partial charge in [-0.1, -0.05) is 48.5 Å². The number of guanidine groups is 1. The molecule has 1 aromatic heterocycles. The van der Waals surface area contributed by atoms with Crippen LogP contribution in [0, 0.1) is 5.82 Å². The van der Waals surface area contributed by atoms with E-state index in [1.54, 1.807) is 12.3 Å². The maximum Gasteiger partial charge on any atom is 0.191 e. The summed E-state index contributed by atoms with van der Waals surface area (Å²) in [5.74, 6) is 1.46. The van der Waals surface area contributed by atoms with Crippen LogP contribution in [-0.4, -0.2) is 19.0 Å². The van der Waals surface area contributed by atoms with Gasteiger partial charge in [0.05, 0.1) is 12.8 Å². The molecule has 0 aliphatic carbocycles. The first-order chi connectivity index (χ1) is 13.3. The number of rotatable bonds is 8. The maximum absolute atomic E-state index is 13.8. The molecule has 148 valence electrons. The van der Waals surface area contributed by atoms with Crippen LogP contribution in [0.2, 0.25) is 0 Å². The minimum absolute atomic E-state index is 0. The lowest BCUT2D eigenvalue weighted by atomic mass is 10.1. The summed E-state index contributed by atoms with van der Waals surface area (Å²) in [6.07, 6.45) is 3.04. The van der Waals surface area contributed by atoms with Crippen LogP contribution in [-0.2, 0) is 19.4 Å². The second-order valence-electron chi connectivity index (χ2n) is 6.17. The van der Waals surface area contributed by atoms with Gasteiger partial charge in [0, 0.05) is 19.5 Å². The Hall–Kier alpha value is -2.35. The molecule has 1 heterocycles. The summed E-state index contributed by atoms with van der Waals surface area (Å²) in [7, 11) is 0. The van der Waals surface area contributed by atoms with Crippen molar-refractivity contribution in [3.8, 4) is 0 Å². The van der Waals surface area contributed by atoms with Gasteiger partial charge in [0.15, 0.2) is 5.96 Å². The molecule has 0 amide bonds. The van der Waals surface area contributed by atoms with Gasteiger partial charge in [0.25, 0.3) is 0 Å². The Labute approximate surface area is 182 Å². The van der Waals surface area contributed by atoms with Crippen LogP contribution in [0.25, 0.3) is 0 Å². The third-order valence-electron chi connectivity index (χ3n) is 4.15. The lowest BCUT2D eigenvalue weighted by molar-refractivity contribution is 0.506. The van der Waals surface area contributed by atoms with Crippen LogP contribution in [0.1, 0.15) is 16.9 Å². The van der Waals surface area contributed by atoms with Gasteiger partial charge in [-0.25, -0.2) is 9.38 Å². The van der Waals surface area contributed by atoms with Crippen LogP contribution in [0.4, 0.5) is 4.39 Å². The molecule has 0 spiro atoms. The predicted molar refractivity (Wildman–Crippen MR) is 122 cm³/mol. The fourth-order valence-electron chi connectivity index (χ4n) is 2.70. The van der Waals surface area contributed by atoms with Crippen molar-refractivity contribution in [1.29, 1.82) is 0 Å². The van der Waals surface area contributed by atoms with Crippen LogP contribution in [0.3, 0.4) is 0 Å². The third kappa shape index (κ3) is 7.34. The van der Waals surface area contributed by atoms with Gasteiger partial charge in [-0.3, -0.25) is 0 Å². The van der Waals surface area contributed by atoms with E-state index < -0.39 is 0 Å². The molecule has 0 aliphatic rings. The fraction of sp³-hybridized carbons (Fsp3) is 0.227. The Kier molecular flexibility index (Phi) is 9.54. The fourth-order valence-corrected chi connectivity index (χ4v) is 2.70. The van der Waals surface area contributed by atoms with Crippen molar-refractivity contribution in [2.45, 2.75) is 19.4 Å². The summed E-state index contributed by atoms with van der Waals surface area (Å²) >= 11 is 0. The molecule has 0 saturated carbocycles. The highest BCUT2D eigenvalue weighted by atomic mass is 127. The molecule has 3 rings (SSSR count). The second-order valence-corrected chi connectivity index (χ2v) is 6.17. The summed E-state index contributed by atoms with van der Waals surface area (Å²) in [4.78, 5) is 4.64. The van der Waals surface area contributed by atoms with Crippen LogP contribution in [0.5, 0.6) is 0 Å². The minimum atomic E-state index is -0.173. The van der Waals surface area contributed by atoms with E-state index in [-0.39, 0.29) is 29.8 Å². The number of aliphatic imine (C=N–C) groups is 1. The molecule has 2 aromatic carbocycles. The van der Waals surface area contributed by atoms with Crippen molar-refractivity contribution in [3.63, 3.8) is 0 Å². The third-order valence-corrected chi connectivity index (χ3v) is 4.15. The van der Waals surface area contributed by atoms with E-state index in [2.05, 4.69) is 15.6 Å². The summed E-state index contributed by atoms with van der Waals surface area (Å²) in [6, 6.07) is 20.8. The lowest BCUT2D eigenvalue weighted by Crippen LogP contribution is -2.39. The Bertz CT molecular complexity index is 838. The monoisotopic (exact) mass is 493 g/mol. The molecule has 0 aliphatic heterocycles. The van der Waals surface area contributed by atoms with E-state index >= 15 is 0 Å². The Morgan fingerprint density at radius 1 is 0.857 bits per heavy atom. The molecule has 0 fully saturated rings. The molecule has 0 saturated heterocycles. The van der Waals surface area contributed by atoms with Crippen molar-refractivity contribution < 1.29 is 8.81 Å². The summed E-state index contributed by atoms with van der Waals surface area (Å²) in [5, 5.41) is 6.60. The molecule has 3 aromatic rings. The van der Waals surface area contributed by atoms with Crippen molar-refractivity contribution in [2.75, 3.05) is 13.1 Å². The highest BCUT2D eigenvalue weighted by molar-refractivity contribution is 14.0. The summed E-state index contributed by atoms with van der Waals surface area (Å²) in [6.45, 7) is 1.88. The van der Waals surface area contributed by atoms with E-state index in [9.17, 15) is 4.39 Å². The van der Waals surface area contributed by atoms with Crippen LogP contribution >= 0.6 is 24.0 Å². The quantitative estimate of drug-likeness (QED) is 0.275. The van der Waals surface area contributed by atoms with Crippen molar-refractivity contribution >= 4 is 29.9 Å². The smallest absolute Gasteiger partial charge is 0.191 e. The number of furan rings is 1. The first-order valence-corrected chi connectivity index (χ1v) is 9.13. The molecule has 4 nitrogen and oxygen atoms in total. The van der Waals surface area contributed by atoms with E-state index in [0.717, 1.165) is 17.7 Å². The number of nitrogens with one attached hydrogen (secondary N) is 2.